The SMILES string of the molecule is Cc1ccc(-n2[nH]c(C)c(C=NC(=O)Nc3ccccc3)c2=O)cc1C. The van der Waals surface area contributed by atoms with Crippen molar-refractivity contribution >= 4 is 17.9 Å². The fraction of sp³-hybridized carbons (Fsp3) is 0.150. The fourth-order valence-corrected chi connectivity index (χ4v) is 2.56. The molecule has 3 aromatic rings. The summed E-state index contributed by atoms with van der Waals surface area (Å²) in [7, 11) is 0. The number of carbonyl (C=O) groups is 1. The van der Waals surface area contributed by atoms with Gasteiger partial charge >= 0.3 is 6.03 Å². The first-order valence-electron chi connectivity index (χ1n) is 8.25. The van der Waals surface area contributed by atoms with E-state index >= 15 is 0 Å². The summed E-state index contributed by atoms with van der Waals surface area (Å²) in [6, 6.07) is 14.3. The molecule has 0 fully saturated rings. The van der Waals surface area contributed by atoms with E-state index in [1.807, 2.05) is 50.2 Å². The van der Waals surface area contributed by atoms with Crippen molar-refractivity contribution in [3.63, 3.8) is 0 Å². The lowest BCUT2D eigenvalue weighted by Gasteiger charge is -2.05. The summed E-state index contributed by atoms with van der Waals surface area (Å²) in [5, 5.41) is 5.68. The second-order valence-corrected chi connectivity index (χ2v) is 6.11. The molecule has 1 heterocycles. The van der Waals surface area contributed by atoms with Crippen LogP contribution in [0.2, 0.25) is 0 Å². The predicted octanol–water partition coefficient (Wildman–Crippen LogP) is 3.74. The standard InChI is InChI=1S/C20H20N4O2/c1-13-9-10-17(11-14(13)2)24-19(25)18(15(3)23-24)12-21-20(26)22-16-7-5-4-6-8-16/h4-12,23H,1-3H3,(H,22,26). The summed E-state index contributed by atoms with van der Waals surface area (Å²) in [6.07, 6.45) is 1.30. The molecule has 132 valence electrons. The van der Waals surface area contributed by atoms with Gasteiger partial charge in [0.2, 0.25) is 0 Å². The highest BCUT2D eigenvalue weighted by Crippen LogP contribution is 2.13. The first-order valence-corrected chi connectivity index (χ1v) is 8.25. The molecule has 2 N–H and O–H groups in total. The van der Waals surface area contributed by atoms with E-state index in [9.17, 15) is 9.59 Å². The van der Waals surface area contributed by atoms with E-state index in [0.717, 1.165) is 16.8 Å². The molecule has 0 saturated carbocycles. The Morgan fingerprint density at radius 1 is 1.08 bits per heavy atom. The van der Waals surface area contributed by atoms with Crippen LogP contribution in [0, 0.1) is 20.8 Å². The zero-order valence-corrected chi connectivity index (χ0v) is 14.9. The van der Waals surface area contributed by atoms with Crippen LogP contribution in [0.1, 0.15) is 22.4 Å². The molecule has 2 aromatic carbocycles. The normalized spacial score (nSPS) is 11.0. The molecule has 6 nitrogen and oxygen atoms in total. The number of aryl methyl sites for hydroxylation is 3. The third kappa shape index (κ3) is 3.64. The first kappa shape index (κ1) is 17.4. The number of carbonyl (C=O) groups excluding carboxylic acids is 1. The van der Waals surface area contributed by atoms with Crippen LogP contribution in [0.3, 0.4) is 0 Å². The van der Waals surface area contributed by atoms with Gasteiger partial charge in [0.1, 0.15) is 0 Å². The Labute approximate surface area is 151 Å². The van der Waals surface area contributed by atoms with Gasteiger partial charge in [-0.25, -0.2) is 14.5 Å². The zero-order valence-electron chi connectivity index (χ0n) is 14.9. The average molecular weight is 348 g/mol. The Morgan fingerprint density at radius 3 is 2.50 bits per heavy atom. The summed E-state index contributed by atoms with van der Waals surface area (Å²) >= 11 is 0. The molecule has 0 bridgehead atoms. The molecule has 0 unspecified atom stereocenters. The molecular weight excluding hydrogens is 328 g/mol. The number of aromatic amines is 1. The first-order chi connectivity index (χ1) is 12.5. The highest BCUT2D eigenvalue weighted by molar-refractivity contribution is 5.98. The highest BCUT2D eigenvalue weighted by atomic mass is 16.2. The maximum atomic E-state index is 12.7. The smallest absolute Gasteiger partial charge is 0.306 e. The number of aromatic nitrogens is 2. The van der Waals surface area contributed by atoms with Crippen LogP contribution in [-0.2, 0) is 0 Å². The van der Waals surface area contributed by atoms with E-state index in [1.54, 1.807) is 19.1 Å². The van der Waals surface area contributed by atoms with Gasteiger partial charge in [0.15, 0.2) is 0 Å². The third-order valence-electron chi connectivity index (χ3n) is 4.20. The molecule has 0 saturated heterocycles. The second kappa shape index (κ2) is 7.23. The molecule has 3 rings (SSSR count). The van der Waals surface area contributed by atoms with Crippen LogP contribution >= 0.6 is 0 Å². The molecule has 0 aliphatic heterocycles. The number of amides is 2. The lowest BCUT2D eigenvalue weighted by atomic mass is 10.1. The monoisotopic (exact) mass is 348 g/mol. The van der Waals surface area contributed by atoms with Gasteiger partial charge < -0.3 is 5.32 Å². The highest BCUT2D eigenvalue weighted by Gasteiger charge is 2.11. The number of hydrogen-bond acceptors (Lipinski definition) is 2. The van der Waals surface area contributed by atoms with E-state index in [0.29, 0.717) is 16.9 Å². The Balaban J connectivity index is 1.85. The molecular formula is C20H20N4O2. The number of urea groups is 1. The van der Waals surface area contributed by atoms with Crippen LogP contribution in [-0.4, -0.2) is 22.0 Å². The summed E-state index contributed by atoms with van der Waals surface area (Å²) in [6.45, 7) is 5.79. The van der Waals surface area contributed by atoms with Crippen LogP contribution < -0.4 is 10.9 Å². The maximum absolute atomic E-state index is 12.7. The number of nitrogens with zero attached hydrogens (tertiary/aromatic N) is 2. The van der Waals surface area contributed by atoms with Crippen molar-refractivity contribution in [2.24, 2.45) is 4.99 Å². The van der Waals surface area contributed by atoms with Gasteiger partial charge in [-0.05, 0) is 56.2 Å². The van der Waals surface area contributed by atoms with Crippen molar-refractivity contribution in [1.29, 1.82) is 0 Å². The molecule has 0 aliphatic carbocycles. The number of hydrogen-bond donors (Lipinski definition) is 2. The number of nitrogens with one attached hydrogen (secondary N) is 2. The van der Waals surface area contributed by atoms with Crippen molar-refractivity contribution in [2.75, 3.05) is 5.32 Å². The van der Waals surface area contributed by atoms with Crippen LogP contribution in [0.5, 0.6) is 0 Å². The van der Waals surface area contributed by atoms with Crippen molar-refractivity contribution in [3.8, 4) is 5.69 Å². The average Bonchev–Trinajstić information content (AvgIpc) is 2.90. The largest absolute Gasteiger partial charge is 0.345 e. The molecule has 6 heteroatoms. The minimum absolute atomic E-state index is 0.248. The topological polar surface area (TPSA) is 79.2 Å². The molecule has 0 aliphatic rings. The summed E-state index contributed by atoms with van der Waals surface area (Å²) in [4.78, 5) is 28.4. The minimum atomic E-state index is -0.533. The van der Waals surface area contributed by atoms with Gasteiger partial charge in [-0.3, -0.25) is 9.89 Å². The molecule has 0 radical (unpaired) electrons. The lowest BCUT2D eigenvalue weighted by Crippen LogP contribution is -2.18. The third-order valence-corrected chi connectivity index (χ3v) is 4.20. The van der Waals surface area contributed by atoms with Crippen LogP contribution in [0.15, 0.2) is 58.3 Å². The number of aliphatic imine (C=N–C) groups is 1. The zero-order chi connectivity index (χ0) is 18.7. The van der Waals surface area contributed by atoms with Gasteiger partial charge in [0.05, 0.1) is 11.3 Å². The van der Waals surface area contributed by atoms with Crippen molar-refractivity contribution in [2.45, 2.75) is 20.8 Å². The molecule has 1 aromatic heterocycles. The fourth-order valence-electron chi connectivity index (χ4n) is 2.56. The minimum Gasteiger partial charge on any atom is -0.306 e. The molecule has 26 heavy (non-hydrogen) atoms. The molecule has 0 atom stereocenters. The summed E-state index contributed by atoms with van der Waals surface area (Å²) < 4.78 is 1.46. The van der Waals surface area contributed by atoms with Crippen LogP contribution in [0.4, 0.5) is 10.5 Å². The lowest BCUT2D eigenvalue weighted by molar-refractivity contribution is 0.259. The van der Waals surface area contributed by atoms with Gasteiger partial charge in [-0.2, -0.15) is 0 Å². The van der Waals surface area contributed by atoms with Crippen LogP contribution in [0.25, 0.3) is 5.69 Å². The Bertz CT molecular complexity index is 1030. The van der Waals surface area contributed by atoms with Crippen molar-refractivity contribution in [3.05, 3.63) is 81.3 Å². The van der Waals surface area contributed by atoms with Gasteiger partial charge in [-0.15, -0.1) is 0 Å². The van der Waals surface area contributed by atoms with E-state index in [1.165, 1.54) is 10.9 Å². The van der Waals surface area contributed by atoms with Crippen molar-refractivity contribution in [1.82, 2.24) is 9.78 Å². The number of para-hydroxylation sites is 1. The Kier molecular flexibility index (Phi) is 4.84. The van der Waals surface area contributed by atoms with E-state index in [4.69, 9.17) is 0 Å². The molecule has 2 amide bonds. The quantitative estimate of drug-likeness (QED) is 0.707. The van der Waals surface area contributed by atoms with E-state index in [2.05, 4.69) is 15.4 Å². The van der Waals surface area contributed by atoms with Gasteiger partial charge in [0.25, 0.3) is 5.56 Å². The Hall–Kier alpha value is -3.41. The van der Waals surface area contributed by atoms with Gasteiger partial charge in [0, 0.05) is 17.6 Å². The predicted molar refractivity (Wildman–Crippen MR) is 104 cm³/mol. The van der Waals surface area contributed by atoms with E-state index in [-0.39, 0.29) is 5.56 Å². The van der Waals surface area contributed by atoms with Gasteiger partial charge in [-0.1, -0.05) is 24.3 Å². The summed E-state index contributed by atoms with van der Waals surface area (Å²) in [5.74, 6) is 0. The number of benzene rings is 2. The summed E-state index contributed by atoms with van der Waals surface area (Å²) in [5.41, 5.74) is 4.39. The Morgan fingerprint density at radius 2 is 1.81 bits per heavy atom. The van der Waals surface area contributed by atoms with E-state index < -0.39 is 6.03 Å². The van der Waals surface area contributed by atoms with Crippen molar-refractivity contribution < 1.29 is 4.79 Å². The number of H-pyrrole nitrogens is 1. The number of anilines is 1. The number of rotatable bonds is 3. The maximum Gasteiger partial charge on any atom is 0.345 e. The molecule has 0 spiro atoms. The second-order valence-electron chi connectivity index (χ2n) is 6.11.